The fourth-order valence-corrected chi connectivity index (χ4v) is 1.81. The van der Waals surface area contributed by atoms with Crippen LogP contribution >= 0.6 is 0 Å². The molecule has 0 unspecified atom stereocenters. The summed E-state index contributed by atoms with van der Waals surface area (Å²) >= 11 is 0. The molecule has 3 heteroatoms. The van der Waals surface area contributed by atoms with Crippen LogP contribution < -0.4 is 4.90 Å². The number of carbonyl (C=O) groups excluding carboxylic acids is 1. The van der Waals surface area contributed by atoms with Gasteiger partial charge < -0.3 is 4.90 Å². The first kappa shape index (κ1) is 9.19. The standard InChI is InChI=1S/C11H14N2O/c14-9-10-4-5-11(8-12-10)13-6-2-1-3-7-13/h4-5,8-9H,1-3,6-7H2. The number of carbonyl (C=O) groups is 1. The predicted molar refractivity (Wildman–Crippen MR) is 55.7 cm³/mol. The highest BCUT2D eigenvalue weighted by molar-refractivity contribution is 5.72. The van der Waals surface area contributed by atoms with Crippen LogP contribution in [0, 0.1) is 0 Å². The molecule has 0 amide bonds. The Morgan fingerprint density at radius 2 is 2.00 bits per heavy atom. The summed E-state index contributed by atoms with van der Waals surface area (Å²) in [6.07, 6.45) is 6.41. The Hall–Kier alpha value is -1.38. The largest absolute Gasteiger partial charge is 0.370 e. The van der Waals surface area contributed by atoms with E-state index in [1.54, 1.807) is 12.3 Å². The van der Waals surface area contributed by atoms with E-state index in [4.69, 9.17) is 0 Å². The van der Waals surface area contributed by atoms with Crippen molar-refractivity contribution in [3.63, 3.8) is 0 Å². The maximum atomic E-state index is 10.4. The smallest absolute Gasteiger partial charge is 0.168 e. The Bertz CT molecular complexity index is 302. The number of hydrogen-bond donors (Lipinski definition) is 0. The molecule has 1 aliphatic heterocycles. The molecule has 2 heterocycles. The molecule has 74 valence electrons. The second-order valence-electron chi connectivity index (χ2n) is 3.61. The average molecular weight is 190 g/mol. The molecule has 3 nitrogen and oxygen atoms in total. The molecule has 0 aliphatic carbocycles. The number of anilines is 1. The van der Waals surface area contributed by atoms with Crippen molar-refractivity contribution in [2.24, 2.45) is 0 Å². The van der Waals surface area contributed by atoms with E-state index in [9.17, 15) is 4.79 Å². The molecule has 1 saturated heterocycles. The van der Waals surface area contributed by atoms with Crippen molar-refractivity contribution < 1.29 is 4.79 Å². The van der Waals surface area contributed by atoms with Crippen LogP contribution in [0.5, 0.6) is 0 Å². The second kappa shape index (κ2) is 4.22. The van der Waals surface area contributed by atoms with E-state index >= 15 is 0 Å². The van der Waals surface area contributed by atoms with Crippen molar-refractivity contribution in [1.82, 2.24) is 4.98 Å². The zero-order valence-electron chi connectivity index (χ0n) is 8.15. The van der Waals surface area contributed by atoms with Crippen molar-refractivity contribution in [2.45, 2.75) is 19.3 Å². The number of nitrogens with zero attached hydrogens (tertiary/aromatic N) is 2. The minimum atomic E-state index is 0.505. The lowest BCUT2D eigenvalue weighted by atomic mass is 10.1. The Labute approximate surface area is 83.8 Å². The van der Waals surface area contributed by atoms with E-state index in [1.807, 2.05) is 6.07 Å². The van der Waals surface area contributed by atoms with Gasteiger partial charge in [0.25, 0.3) is 0 Å². The molecule has 1 fully saturated rings. The lowest BCUT2D eigenvalue weighted by molar-refractivity contribution is 0.111. The Morgan fingerprint density at radius 3 is 2.57 bits per heavy atom. The third kappa shape index (κ3) is 1.92. The van der Waals surface area contributed by atoms with Crippen LogP contribution in [0.4, 0.5) is 5.69 Å². The normalized spacial score (nSPS) is 16.7. The first-order valence-electron chi connectivity index (χ1n) is 5.06. The van der Waals surface area contributed by atoms with Gasteiger partial charge in [-0.25, -0.2) is 0 Å². The first-order chi connectivity index (χ1) is 6.90. The molecule has 0 bridgehead atoms. The summed E-state index contributed by atoms with van der Waals surface area (Å²) in [7, 11) is 0. The van der Waals surface area contributed by atoms with Gasteiger partial charge in [0.1, 0.15) is 5.69 Å². The highest BCUT2D eigenvalue weighted by atomic mass is 16.1. The average Bonchev–Trinajstić information content (AvgIpc) is 2.30. The molecule has 0 N–H and O–H groups in total. The zero-order chi connectivity index (χ0) is 9.80. The van der Waals surface area contributed by atoms with Crippen LogP contribution in [0.25, 0.3) is 0 Å². The van der Waals surface area contributed by atoms with E-state index in [1.165, 1.54) is 19.3 Å². The number of pyridine rings is 1. The van der Waals surface area contributed by atoms with Crippen LogP contribution in [0.3, 0.4) is 0 Å². The van der Waals surface area contributed by atoms with Gasteiger partial charge in [-0.05, 0) is 31.4 Å². The molecule has 0 radical (unpaired) electrons. The summed E-state index contributed by atoms with van der Waals surface area (Å²) in [6.45, 7) is 2.23. The first-order valence-corrected chi connectivity index (χ1v) is 5.06. The SMILES string of the molecule is O=Cc1ccc(N2CCCCC2)cn1. The minimum Gasteiger partial charge on any atom is -0.370 e. The third-order valence-electron chi connectivity index (χ3n) is 2.61. The topological polar surface area (TPSA) is 33.2 Å². The fourth-order valence-electron chi connectivity index (χ4n) is 1.81. The zero-order valence-corrected chi connectivity index (χ0v) is 8.15. The third-order valence-corrected chi connectivity index (χ3v) is 2.61. The van der Waals surface area contributed by atoms with Gasteiger partial charge in [-0.3, -0.25) is 9.78 Å². The van der Waals surface area contributed by atoms with Crippen molar-refractivity contribution in [2.75, 3.05) is 18.0 Å². The van der Waals surface area contributed by atoms with Gasteiger partial charge >= 0.3 is 0 Å². The lowest BCUT2D eigenvalue weighted by Crippen LogP contribution is -2.29. The van der Waals surface area contributed by atoms with E-state index in [-0.39, 0.29) is 0 Å². The molecule has 0 atom stereocenters. The van der Waals surface area contributed by atoms with Crippen LogP contribution in [0.15, 0.2) is 18.3 Å². The molecular formula is C11H14N2O. The van der Waals surface area contributed by atoms with Crippen molar-refractivity contribution in [1.29, 1.82) is 0 Å². The number of aromatic nitrogens is 1. The summed E-state index contributed by atoms with van der Waals surface area (Å²) in [4.78, 5) is 16.8. The molecule has 0 aromatic carbocycles. The van der Waals surface area contributed by atoms with Gasteiger partial charge in [0.15, 0.2) is 6.29 Å². The summed E-state index contributed by atoms with van der Waals surface area (Å²) < 4.78 is 0. The maximum absolute atomic E-state index is 10.4. The van der Waals surface area contributed by atoms with Gasteiger partial charge in [-0.2, -0.15) is 0 Å². The summed E-state index contributed by atoms with van der Waals surface area (Å²) in [5.41, 5.74) is 1.64. The van der Waals surface area contributed by atoms with Crippen molar-refractivity contribution >= 4 is 12.0 Å². The van der Waals surface area contributed by atoms with Gasteiger partial charge in [-0.1, -0.05) is 0 Å². The monoisotopic (exact) mass is 190 g/mol. The maximum Gasteiger partial charge on any atom is 0.168 e. The highest BCUT2D eigenvalue weighted by Crippen LogP contribution is 2.18. The Kier molecular flexibility index (Phi) is 2.77. The van der Waals surface area contributed by atoms with Crippen LogP contribution in [0.1, 0.15) is 29.8 Å². The van der Waals surface area contributed by atoms with E-state index in [0.717, 1.165) is 25.1 Å². The quantitative estimate of drug-likeness (QED) is 0.668. The molecule has 2 rings (SSSR count). The molecule has 0 spiro atoms. The van der Waals surface area contributed by atoms with E-state index in [0.29, 0.717) is 5.69 Å². The second-order valence-corrected chi connectivity index (χ2v) is 3.61. The van der Waals surface area contributed by atoms with Gasteiger partial charge in [0.2, 0.25) is 0 Å². The van der Waals surface area contributed by atoms with Crippen molar-refractivity contribution in [3.8, 4) is 0 Å². The van der Waals surface area contributed by atoms with Crippen LogP contribution in [0.2, 0.25) is 0 Å². The number of rotatable bonds is 2. The lowest BCUT2D eigenvalue weighted by Gasteiger charge is -2.28. The minimum absolute atomic E-state index is 0.505. The van der Waals surface area contributed by atoms with Gasteiger partial charge in [0, 0.05) is 13.1 Å². The molecule has 1 aromatic heterocycles. The number of piperidine rings is 1. The Balaban J connectivity index is 2.11. The van der Waals surface area contributed by atoms with Crippen LogP contribution in [-0.2, 0) is 0 Å². The molecule has 1 aromatic rings. The molecular weight excluding hydrogens is 176 g/mol. The van der Waals surface area contributed by atoms with Gasteiger partial charge in [-0.15, -0.1) is 0 Å². The predicted octanol–water partition coefficient (Wildman–Crippen LogP) is 1.88. The summed E-state index contributed by atoms with van der Waals surface area (Å²) in [5, 5.41) is 0. The number of hydrogen-bond acceptors (Lipinski definition) is 3. The Morgan fingerprint density at radius 1 is 1.21 bits per heavy atom. The highest BCUT2D eigenvalue weighted by Gasteiger charge is 2.10. The summed E-state index contributed by atoms with van der Waals surface area (Å²) in [6, 6.07) is 3.75. The van der Waals surface area contributed by atoms with E-state index in [2.05, 4.69) is 9.88 Å². The van der Waals surface area contributed by atoms with Gasteiger partial charge in [0.05, 0.1) is 11.9 Å². The van der Waals surface area contributed by atoms with Crippen molar-refractivity contribution in [3.05, 3.63) is 24.0 Å². The van der Waals surface area contributed by atoms with Crippen LogP contribution in [-0.4, -0.2) is 24.4 Å². The summed E-state index contributed by atoms with van der Waals surface area (Å²) in [5.74, 6) is 0. The molecule has 1 aliphatic rings. The fraction of sp³-hybridized carbons (Fsp3) is 0.455. The molecule has 0 saturated carbocycles. The number of aldehydes is 1. The van der Waals surface area contributed by atoms with E-state index < -0.39 is 0 Å². The molecule has 14 heavy (non-hydrogen) atoms.